The Hall–Kier alpha value is -0.460. The van der Waals surface area contributed by atoms with Crippen LogP contribution in [0.2, 0.25) is 0 Å². The molecule has 0 unspecified atom stereocenters. The fraction of sp³-hybridized carbons (Fsp3) is 0.800. The molecule has 0 spiro atoms. The van der Waals surface area contributed by atoms with Crippen molar-refractivity contribution >= 4 is 0 Å². The molecular formula is C10H19N. The van der Waals surface area contributed by atoms with Crippen molar-refractivity contribution in [3.63, 3.8) is 0 Å². The second kappa shape index (κ2) is 4.42. The van der Waals surface area contributed by atoms with Crippen molar-refractivity contribution in [3.8, 4) is 0 Å². The van der Waals surface area contributed by atoms with Gasteiger partial charge in [-0.3, -0.25) is 0 Å². The van der Waals surface area contributed by atoms with E-state index in [9.17, 15) is 0 Å². The molecule has 1 nitrogen and oxygen atoms in total. The lowest BCUT2D eigenvalue weighted by molar-refractivity contribution is 0.277. The van der Waals surface area contributed by atoms with Crippen LogP contribution in [0.3, 0.4) is 0 Å². The van der Waals surface area contributed by atoms with Crippen LogP contribution in [0, 0.1) is 0 Å². The predicted octanol–water partition coefficient (Wildman–Crippen LogP) is 2.79. The van der Waals surface area contributed by atoms with Crippen LogP contribution in [-0.4, -0.2) is 18.0 Å². The molecule has 64 valence electrons. The molecule has 0 bridgehead atoms. The molecule has 1 fully saturated rings. The van der Waals surface area contributed by atoms with Gasteiger partial charge in [0.15, 0.2) is 0 Å². The average molecular weight is 153 g/mol. The lowest BCUT2D eigenvalue weighted by atomic mass is 10.1. The first-order valence-corrected chi connectivity index (χ1v) is 4.77. The summed E-state index contributed by atoms with van der Waals surface area (Å²) in [6.45, 7) is 8.81. The molecule has 0 aromatic rings. The van der Waals surface area contributed by atoms with Crippen molar-refractivity contribution in [2.75, 3.05) is 13.1 Å². The smallest absolute Gasteiger partial charge is 0.0174 e. The first kappa shape index (κ1) is 8.63. The van der Waals surface area contributed by atoms with Crippen molar-refractivity contribution in [1.29, 1.82) is 0 Å². The molecule has 1 heteroatoms. The monoisotopic (exact) mass is 153 g/mol. The number of allylic oxidation sites excluding steroid dienone is 1. The van der Waals surface area contributed by atoms with Crippen LogP contribution in [-0.2, 0) is 0 Å². The number of rotatable bonds is 3. The Labute approximate surface area is 70.1 Å². The van der Waals surface area contributed by atoms with E-state index in [0.717, 1.165) is 0 Å². The molecule has 1 rings (SSSR count). The Morgan fingerprint density at radius 1 is 1.27 bits per heavy atom. The maximum atomic E-state index is 4.09. The largest absolute Gasteiger partial charge is 0.375 e. The summed E-state index contributed by atoms with van der Waals surface area (Å²) in [5.41, 5.74) is 1.35. The molecule has 0 aromatic heterocycles. The van der Waals surface area contributed by atoms with Gasteiger partial charge in [-0.25, -0.2) is 0 Å². The molecule has 0 radical (unpaired) electrons. The highest BCUT2D eigenvalue weighted by Crippen LogP contribution is 2.16. The zero-order valence-corrected chi connectivity index (χ0v) is 7.60. The van der Waals surface area contributed by atoms with Gasteiger partial charge in [0.1, 0.15) is 0 Å². The van der Waals surface area contributed by atoms with E-state index in [1.165, 1.54) is 50.9 Å². The summed E-state index contributed by atoms with van der Waals surface area (Å²) in [5, 5.41) is 0. The lowest BCUT2D eigenvalue weighted by Crippen LogP contribution is -2.28. The SMILES string of the molecule is C=C(CCC)N1CCCCC1. The molecule has 1 aliphatic rings. The van der Waals surface area contributed by atoms with Gasteiger partial charge in [-0.05, 0) is 25.7 Å². The summed E-state index contributed by atoms with van der Waals surface area (Å²) in [6.07, 6.45) is 6.55. The van der Waals surface area contributed by atoms with Crippen LogP contribution >= 0.6 is 0 Å². The lowest BCUT2D eigenvalue weighted by Gasteiger charge is -2.30. The zero-order chi connectivity index (χ0) is 8.10. The quantitative estimate of drug-likeness (QED) is 0.602. The summed E-state index contributed by atoms with van der Waals surface area (Å²) in [5.74, 6) is 0. The molecule has 0 aromatic carbocycles. The van der Waals surface area contributed by atoms with Gasteiger partial charge < -0.3 is 4.90 Å². The molecule has 1 aliphatic heterocycles. The van der Waals surface area contributed by atoms with Gasteiger partial charge in [-0.1, -0.05) is 19.9 Å². The molecule has 1 heterocycles. The maximum absolute atomic E-state index is 4.09. The van der Waals surface area contributed by atoms with Gasteiger partial charge in [-0.2, -0.15) is 0 Å². The van der Waals surface area contributed by atoms with Gasteiger partial charge in [0.25, 0.3) is 0 Å². The fourth-order valence-electron chi connectivity index (χ4n) is 1.66. The molecule has 0 N–H and O–H groups in total. The highest BCUT2D eigenvalue weighted by Gasteiger charge is 2.10. The number of piperidine rings is 1. The Kier molecular flexibility index (Phi) is 3.47. The Bertz CT molecular complexity index is 123. The first-order chi connectivity index (χ1) is 5.34. The zero-order valence-electron chi connectivity index (χ0n) is 7.60. The van der Waals surface area contributed by atoms with Gasteiger partial charge in [0, 0.05) is 18.8 Å². The van der Waals surface area contributed by atoms with E-state index in [0.29, 0.717) is 0 Å². The highest BCUT2D eigenvalue weighted by atomic mass is 15.1. The van der Waals surface area contributed by atoms with Gasteiger partial charge >= 0.3 is 0 Å². The minimum absolute atomic E-state index is 1.18. The molecular weight excluding hydrogens is 134 g/mol. The third-order valence-corrected chi connectivity index (χ3v) is 2.34. The summed E-state index contributed by atoms with van der Waals surface area (Å²) in [4.78, 5) is 2.45. The Morgan fingerprint density at radius 3 is 2.45 bits per heavy atom. The van der Waals surface area contributed by atoms with Crippen molar-refractivity contribution in [2.24, 2.45) is 0 Å². The third-order valence-electron chi connectivity index (χ3n) is 2.34. The van der Waals surface area contributed by atoms with E-state index in [1.807, 2.05) is 0 Å². The van der Waals surface area contributed by atoms with E-state index in [2.05, 4.69) is 18.4 Å². The summed E-state index contributed by atoms with van der Waals surface area (Å²) < 4.78 is 0. The topological polar surface area (TPSA) is 3.24 Å². The fourth-order valence-corrected chi connectivity index (χ4v) is 1.66. The van der Waals surface area contributed by atoms with E-state index < -0.39 is 0 Å². The normalized spacial score (nSPS) is 18.5. The Morgan fingerprint density at radius 2 is 1.91 bits per heavy atom. The predicted molar refractivity (Wildman–Crippen MR) is 49.5 cm³/mol. The first-order valence-electron chi connectivity index (χ1n) is 4.77. The standard InChI is InChI=1S/C10H19N/c1-3-7-10(2)11-8-5-4-6-9-11/h2-9H2,1H3. The number of likely N-dealkylation sites (tertiary alicyclic amines) is 1. The van der Waals surface area contributed by atoms with E-state index >= 15 is 0 Å². The average Bonchev–Trinajstić information content (AvgIpc) is 2.07. The summed E-state index contributed by atoms with van der Waals surface area (Å²) in [6, 6.07) is 0. The Balaban J connectivity index is 2.27. The van der Waals surface area contributed by atoms with Crippen LogP contribution in [0.15, 0.2) is 12.3 Å². The number of hydrogen-bond acceptors (Lipinski definition) is 1. The molecule has 1 saturated heterocycles. The van der Waals surface area contributed by atoms with Crippen molar-refractivity contribution in [3.05, 3.63) is 12.3 Å². The third kappa shape index (κ3) is 2.57. The second-order valence-electron chi connectivity index (χ2n) is 3.36. The van der Waals surface area contributed by atoms with Crippen molar-refractivity contribution < 1.29 is 0 Å². The van der Waals surface area contributed by atoms with Crippen LogP contribution < -0.4 is 0 Å². The van der Waals surface area contributed by atoms with Crippen LogP contribution in [0.4, 0.5) is 0 Å². The molecule has 0 amide bonds. The highest BCUT2D eigenvalue weighted by molar-refractivity contribution is 4.94. The van der Waals surface area contributed by atoms with Crippen molar-refractivity contribution in [2.45, 2.75) is 39.0 Å². The number of nitrogens with zero attached hydrogens (tertiary/aromatic N) is 1. The number of hydrogen-bond donors (Lipinski definition) is 0. The maximum Gasteiger partial charge on any atom is 0.0174 e. The van der Waals surface area contributed by atoms with Crippen molar-refractivity contribution in [1.82, 2.24) is 4.90 Å². The van der Waals surface area contributed by atoms with E-state index in [-0.39, 0.29) is 0 Å². The van der Waals surface area contributed by atoms with Gasteiger partial charge in [0.05, 0.1) is 0 Å². The minimum atomic E-state index is 1.18. The van der Waals surface area contributed by atoms with Crippen LogP contribution in [0.5, 0.6) is 0 Å². The summed E-state index contributed by atoms with van der Waals surface area (Å²) in [7, 11) is 0. The van der Waals surface area contributed by atoms with E-state index in [1.54, 1.807) is 0 Å². The molecule has 0 atom stereocenters. The van der Waals surface area contributed by atoms with Gasteiger partial charge in [-0.15, -0.1) is 0 Å². The summed E-state index contributed by atoms with van der Waals surface area (Å²) >= 11 is 0. The van der Waals surface area contributed by atoms with E-state index in [4.69, 9.17) is 0 Å². The molecule has 0 saturated carbocycles. The van der Waals surface area contributed by atoms with Crippen LogP contribution in [0.1, 0.15) is 39.0 Å². The minimum Gasteiger partial charge on any atom is -0.375 e. The molecule has 0 aliphatic carbocycles. The second-order valence-corrected chi connectivity index (χ2v) is 3.36. The molecule has 11 heavy (non-hydrogen) atoms. The van der Waals surface area contributed by atoms with Crippen LogP contribution in [0.25, 0.3) is 0 Å². The van der Waals surface area contributed by atoms with Gasteiger partial charge in [0.2, 0.25) is 0 Å².